The van der Waals surface area contributed by atoms with Crippen LogP contribution in [-0.2, 0) is 14.3 Å². The number of benzene rings is 2. The highest BCUT2D eigenvalue weighted by Crippen LogP contribution is 2.22. The molecule has 1 N–H and O–H groups in total. The standard InChI is InChI=1S/C21H20N2O3S/c1-15(16-7-3-2-4-8-16)13-22-19(24)14-26-21(25)12-11-20-23-17-9-5-6-10-18(17)27-20/h2-12,15H,13-14H2,1H3,(H,22,24)/b12-11+/t15-/m0/s1. The van der Waals surface area contributed by atoms with Gasteiger partial charge in [0.15, 0.2) is 6.61 Å². The first-order valence-corrected chi connectivity index (χ1v) is 9.45. The third-order valence-electron chi connectivity index (χ3n) is 3.99. The Bertz CT molecular complexity index is 917. The van der Waals surface area contributed by atoms with E-state index in [9.17, 15) is 9.59 Å². The Kier molecular flexibility index (Phi) is 6.33. The van der Waals surface area contributed by atoms with Crippen molar-refractivity contribution in [2.75, 3.05) is 13.2 Å². The molecule has 6 heteroatoms. The van der Waals surface area contributed by atoms with Crippen LogP contribution in [0.5, 0.6) is 0 Å². The molecule has 0 aliphatic carbocycles. The summed E-state index contributed by atoms with van der Waals surface area (Å²) in [5.41, 5.74) is 2.04. The van der Waals surface area contributed by atoms with Gasteiger partial charge in [-0.1, -0.05) is 49.4 Å². The molecule has 138 valence electrons. The summed E-state index contributed by atoms with van der Waals surface area (Å²) in [6.07, 6.45) is 2.89. The minimum atomic E-state index is -0.569. The van der Waals surface area contributed by atoms with Crippen LogP contribution >= 0.6 is 11.3 Å². The average molecular weight is 380 g/mol. The number of ether oxygens (including phenoxy) is 1. The van der Waals surface area contributed by atoms with Crippen molar-refractivity contribution in [1.82, 2.24) is 10.3 Å². The maximum atomic E-state index is 11.9. The smallest absolute Gasteiger partial charge is 0.331 e. The van der Waals surface area contributed by atoms with E-state index in [2.05, 4.69) is 10.3 Å². The van der Waals surface area contributed by atoms with Crippen LogP contribution in [0.15, 0.2) is 60.7 Å². The zero-order chi connectivity index (χ0) is 19.1. The van der Waals surface area contributed by atoms with Gasteiger partial charge < -0.3 is 10.1 Å². The van der Waals surface area contributed by atoms with Crippen LogP contribution in [-0.4, -0.2) is 30.0 Å². The first-order valence-electron chi connectivity index (χ1n) is 8.64. The lowest BCUT2D eigenvalue weighted by molar-refractivity contribution is -0.143. The number of hydrogen-bond donors (Lipinski definition) is 1. The van der Waals surface area contributed by atoms with Gasteiger partial charge in [-0.05, 0) is 29.7 Å². The normalized spacial score (nSPS) is 12.2. The molecule has 3 aromatic rings. The molecule has 0 saturated carbocycles. The molecule has 0 aliphatic heterocycles. The number of hydrogen-bond acceptors (Lipinski definition) is 5. The Hall–Kier alpha value is -2.99. The Balaban J connectivity index is 1.42. The first kappa shape index (κ1) is 18.8. The van der Waals surface area contributed by atoms with Gasteiger partial charge in [-0.25, -0.2) is 9.78 Å². The monoisotopic (exact) mass is 380 g/mol. The van der Waals surface area contributed by atoms with Gasteiger partial charge in [0.25, 0.3) is 5.91 Å². The van der Waals surface area contributed by atoms with Crippen LogP contribution in [0.25, 0.3) is 16.3 Å². The molecule has 3 rings (SSSR count). The fourth-order valence-corrected chi connectivity index (χ4v) is 3.37. The van der Waals surface area contributed by atoms with E-state index >= 15 is 0 Å². The summed E-state index contributed by atoms with van der Waals surface area (Å²) in [6, 6.07) is 17.7. The maximum Gasteiger partial charge on any atom is 0.331 e. The fourth-order valence-electron chi connectivity index (χ4n) is 2.50. The van der Waals surface area contributed by atoms with Gasteiger partial charge in [0, 0.05) is 12.6 Å². The number of aromatic nitrogens is 1. The van der Waals surface area contributed by atoms with E-state index in [0.717, 1.165) is 15.8 Å². The maximum absolute atomic E-state index is 11.9. The van der Waals surface area contributed by atoms with Crippen LogP contribution in [0, 0.1) is 0 Å². The number of nitrogens with one attached hydrogen (secondary N) is 1. The zero-order valence-electron chi connectivity index (χ0n) is 14.9. The van der Waals surface area contributed by atoms with Crippen LogP contribution in [0.3, 0.4) is 0 Å². The van der Waals surface area contributed by atoms with Crippen molar-refractivity contribution in [2.24, 2.45) is 0 Å². The lowest BCUT2D eigenvalue weighted by atomic mass is 10.0. The zero-order valence-corrected chi connectivity index (χ0v) is 15.7. The lowest BCUT2D eigenvalue weighted by Crippen LogP contribution is -2.31. The number of carbonyl (C=O) groups excluding carboxylic acids is 2. The van der Waals surface area contributed by atoms with Crippen molar-refractivity contribution in [3.8, 4) is 0 Å². The minimum Gasteiger partial charge on any atom is -0.452 e. The van der Waals surface area contributed by atoms with Crippen molar-refractivity contribution >= 4 is 39.5 Å². The Labute approximate surface area is 161 Å². The molecule has 0 aliphatic rings. The molecule has 0 unspecified atom stereocenters. The molecule has 0 bridgehead atoms. The average Bonchev–Trinajstić information content (AvgIpc) is 3.12. The molecule has 2 aromatic carbocycles. The number of rotatable bonds is 7. The van der Waals surface area contributed by atoms with Crippen LogP contribution in [0.4, 0.5) is 0 Å². The summed E-state index contributed by atoms with van der Waals surface area (Å²) in [5, 5.41) is 3.49. The van der Waals surface area contributed by atoms with Crippen LogP contribution in [0.1, 0.15) is 23.4 Å². The number of para-hydroxylation sites is 1. The number of amides is 1. The third kappa shape index (κ3) is 5.49. The highest BCUT2D eigenvalue weighted by atomic mass is 32.1. The van der Waals surface area contributed by atoms with E-state index in [1.807, 2.05) is 61.5 Å². The summed E-state index contributed by atoms with van der Waals surface area (Å²) in [4.78, 5) is 28.0. The van der Waals surface area contributed by atoms with Gasteiger partial charge in [-0.2, -0.15) is 0 Å². The molecule has 1 heterocycles. The second kappa shape index (κ2) is 9.09. The Morgan fingerprint density at radius 2 is 1.89 bits per heavy atom. The fraction of sp³-hybridized carbons (Fsp3) is 0.190. The van der Waals surface area contributed by atoms with Gasteiger partial charge in [0.1, 0.15) is 5.01 Å². The Morgan fingerprint density at radius 1 is 1.15 bits per heavy atom. The van der Waals surface area contributed by atoms with Crippen molar-refractivity contribution in [3.63, 3.8) is 0 Å². The molecule has 27 heavy (non-hydrogen) atoms. The predicted molar refractivity (Wildman–Crippen MR) is 107 cm³/mol. The van der Waals surface area contributed by atoms with E-state index < -0.39 is 5.97 Å². The lowest BCUT2D eigenvalue weighted by Gasteiger charge is -2.12. The number of fused-ring (bicyclic) bond motifs is 1. The van der Waals surface area contributed by atoms with Gasteiger partial charge in [-0.15, -0.1) is 11.3 Å². The van der Waals surface area contributed by atoms with E-state index in [-0.39, 0.29) is 18.4 Å². The third-order valence-corrected chi connectivity index (χ3v) is 4.99. The largest absolute Gasteiger partial charge is 0.452 e. The highest BCUT2D eigenvalue weighted by Gasteiger charge is 2.09. The Morgan fingerprint density at radius 3 is 2.67 bits per heavy atom. The molecule has 1 aromatic heterocycles. The second-order valence-electron chi connectivity index (χ2n) is 6.08. The molecule has 0 spiro atoms. The van der Waals surface area contributed by atoms with Crippen molar-refractivity contribution in [3.05, 3.63) is 71.2 Å². The highest BCUT2D eigenvalue weighted by molar-refractivity contribution is 7.19. The SMILES string of the molecule is C[C@@H](CNC(=O)COC(=O)/C=C/c1nc2ccccc2s1)c1ccccc1. The molecule has 0 saturated heterocycles. The summed E-state index contributed by atoms with van der Waals surface area (Å²) < 4.78 is 6.03. The number of thiazole rings is 1. The minimum absolute atomic E-state index is 0.185. The first-order chi connectivity index (χ1) is 13.1. The summed E-state index contributed by atoms with van der Waals surface area (Å²) in [6.45, 7) is 2.22. The van der Waals surface area contributed by atoms with E-state index in [1.165, 1.54) is 17.4 Å². The van der Waals surface area contributed by atoms with E-state index in [0.29, 0.717) is 11.6 Å². The van der Waals surface area contributed by atoms with Crippen LogP contribution in [0.2, 0.25) is 0 Å². The molecule has 0 fully saturated rings. The molecule has 0 radical (unpaired) electrons. The van der Waals surface area contributed by atoms with E-state index in [4.69, 9.17) is 4.74 Å². The molecule has 1 amide bonds. The van der Waals surface area contributed by atoms with Gasteiger partial charge in [-0.3, -0.25) is 4.79 Å². The molecular weight excluding hydrogens is 360 g/mol. The van der Waals surface area contributed by atoms with Crippen LogP contribution < -0.4 is 5.32 Å². The quantitative estimate of drug-likeness (QED) is 0.500. The topological polar surface area (TPSA) is 68.3 Å². The molecule has 1 atom stereocenters. The van der Waals surface area contributed by atoms with Crippen molar-refractivity contribution in [2.45, 2.75) is 12.8 Å². The second-order valence-corrected chi connectivity index (χ2v) is 7.14. The summed E-state index contributed by atoms with van der Waals surface area (Å²) in [7, 11) is 0. The van der Waals surface area contributed by atoms with Crippen molar-refractivity contribution < 1.29 is 14.3 Å². The summed E-state index contributed by atoms with van der Waals surface area (Å²) >= 11 is 1.49. The predicted octanol–water partition coefficient (Wildman–Crippen LogP) is 3.77. The summed E-state index contributed by atoms with van der Waals surface area (Å²) in [5.74, 6) is -0.704. The van der Waals surface area contributed by atoms with Crippen molar-refractivity contribution in [1.29, 1.82) is 0 Å². The molecule has 5 nitrogen and oxygen atoms in total. The van der Waals surface area contributed by atoms with E-state index in [1.54, 1.807) is 6.08 Å². The molecular formula is C21H20N2O3S. The van der Waals surface area contributed by atoms with Gasteiger partial charge in [0.05, 0.1) is 10.2 Å². The van der Waals surface area contributed by atoms with Gasteiger partial charge in [0.2, 0.25) is 0 Å². The number of esters is 1. The van der Waals surface area contributed by atoms with Gasteiger partial charge >= 0.3 is 5.97 Å². The number of carbonyl (C=O) groups is 2. The number of nitrogens with zero attached hydrogens (tertiary/aromatic N) is 1.